The summed E-state index contributed by atoms with van der Waals surface area (Å²) in [6.45, 7) is 7.79. The van der Waals surface area contributed by atoms with Crippen molar-refractivity contribution >= 4 is 22.9 Å². The van der Waals surface area contributed by atoms with Crippen molar-refractivity contribution in [1.82, 2.24) is 29.3 Å². The number of hydrogen-bond donors (Lipinski definition) is 4. The second-order valence-electron chi connectivity index (χ2n) is 10.1. The maximum absolute atomic E-state index is 7.00. The summed E-state index contributed by atoms with van der Waals surface area (Å²) in [6.07, 6.45) is 8.98. The van der Waals surface area contributed by atoms with Gasteiger partial charge in [-0.25, -0.2) is 9.97 Å². The fourth-order valence-corrected chi connectivity index (χ4v) is 4.85. The molecule has 0 atom stereocenters. The normalized spacial score (nSPS) is 16.1. The largest absolute Gasteiger partial charge is 0.476 e. The average Bonchev–Trinajstić information content (AvgIpc) is 3.52. The number of rotatable bonds is 9. The smallest absolute Gasteiger partial charge is 0.199 e. The van der Waals surface area contributed by atoms with E-state index < -0.39 is 0 Å². The van der Waals surface area contributed by atoms with Gasteiger partial charge in [0.05, 0.1) is 24.5 Å². The summed E-state index contributed by atoms with van der Waals surface area (Å²) >= 11 is 0. The zero-order chi connectivity index (χ0) is 25.8. The lowest BCUT2D eigenvalue weighted by Crippen LogP contribution is -2.31. The molecule has 2 fully saturated rings. The number of piperidine rings is 1. The minimum atomic E-state index is 0.103. The summed E-state index contributed by atoms with van der Waals surface area (Å²) in [7, 11) is 1.00. The Morgan fingerprint density at radius 1 is 1.11 bits per heavy atom. The van der Waals surface area contributed by atoms with E-state index in [1.165, 1.54) is 31.2 Å². The monoisotopic (exact) mass is 506 g/mol. The molecule has 4 N–H and O–H groups in total. The van der Waals surface area contributed by atoms with Crippen LogP contribution in [-0.4, -0.2) is 61.9 Å². The molecule has 0 bridgehead atoms. The predicted octanol–water partition coefficient (Wildman–Crippen LogP) is 3.67. The molecule has 4 aromatic heterocycles. The van der Waals surface area contributed by atoms with Gasteiger partial charge in [0.1, 0.15) is 17.3 Å². The maximum Gasteiger partial charge on any atom is 0.199 e. The van der Waals surface area contributed by atoms with Crippen LogP contribution in [0.4, 0.5) is 11.6 Å². The SMILES string of the molecule is CC(C)Oc1cccc2nc(CNc3cc(NCC4CCNCC4)nc4c(C5CC5)cnn34)cn12.CO. The van der Waals surface area contributed by atoms with Crippen molar-refractivity contribution in [2.24, 2.45) is 5.92 Å². The predicted molar refractivity (Wildman–Crippen MR) is 145 cm³/mol. The molecule has 1 aliphatic carbocycles. The third kappa shape index (κ3) is 5.80. The second-order valence-corrected chi connectivity index (χ2v) is 10.1. The molecule has 0 radical (unpaired) electrons. The van der Waals surface area contributed by atoms with Gasteiger partial charge >= 0.3 is 0 Å². The fourth-order valence-electron chi connectivity index (χ4n) is 4.85. The van der Waals surface area contributed by atoms with Crippen molar-refractivity contribution in [3.63, 3.8) is 0 Å². The van der Waals surface area contributed by atoms with Crippen LogP contribution in [0.3, 0.4) is 0 Å². The Balaban J connectivity index is 0.00000137. The van der Waals surface area contributed by atoms with Gasteiger partial charge in [-0.05, 0) is 76.6 Å². The average molecular weight is 507 g/mol. The molecule has 10 heteroatoms. The van der Waals surface area contributed by atoms with Crippen LogP contribution in [0, 0.1) is 5.92 Å². The number of imidazole rings is 1. The van der Waals surface area contributed by atoms with E-state index in [2.05, 4.69) is 27.1 Å². The zero-order valence-electron chi connectivity index (χ0n) is 21.9. The lowest BCUT2D eigenvalue weighted by molar-refractivity contribution is 0.230. The molecule has 0 spiro atoms. The number of fused-ring (bicyclic) bond motifs is 2. The molecular formula is C27H38N8O2. The van der Waals surface area contributed by atoms with Gasteiger partial charge in [0, 0.05) is 31.5 Å². The summed E-state index contributed by atoms with van der Waals surface area (Å²) in [5, 5.41) is 22.3. The molecule has 0 unspecified atom stereocenters. The minimum absolute atomic E-state index is 0.103. The standard InChI is InChI=1S/C26H34N8O.CH4O/c1-17(2)35-25-5-3-4-23-31-20(16-33(23)25)14-29-24-12-22(28-13-18-8-10-27-11-9-18)32-26-21(19-6-7-19)15-30-34(24)26;1-2/h3-5,12,15-19,27,29H,6-11,13-14H2,1-2H3,(H,28,32);2H,1H3. The molecule has 10 nitrogen and oxygen atoms in total. The number of aliphatic hydroxyl groups is 1. The van der Waals surface area contributed by atoms with Crippen molar-refractivity contribution in [3.8, 4) is 5.88 Å². The Kier molecular flexibility index (Phi) is 7.76. The van der Waals surface area contributed by atoms with Crippen molar-refractivity contribution in [1.29, 1.82) is 0 Å². The van der Waals surface area contributed by atoms with E-state index in [0.29, 0.717) is 18.4 Å². The van der Waals surface area contributed by atoms with E-state index in [0.717, 1.165) is 61.2 Å². The third-order valence-corrected chi connectivity index (χ3v) is 6.86. The Hall–Kier alpha value is -3.37. The Morgan fingerprint density at radius 2 is 1.92 bits per heavy atom. The summed E-state index contributed by atoms with van der Waals surface area (Å²) < 4.78 is 9.89. The van der Waals surface area contributed by atoms with Crippen LogP contribution in [-0.2, 0) is 6.54 Å². The van der Waals surface area contributed by atoms with Gasteiger partial charge in [0.2, 0.25) is 0 Å². The molecule has 5 heterocycles. The number of pyridine rings is 1. The van der Waals surface area contributed by atoms with Crippen LogP contribution in [0.25, 0.3) is 11.3 Å². The highest BCUT2D eigenvalue weighted by Crippen LogP contribution is 2.42. The van der Waals surface area contributed by atoms with Crippen LogP contribution >= 0.6 is 0 Å². The van der Waals surface area contributed by atoms with Gasteiger partial charge in [-0.3, -0.25) is 4.40 Å². The van der Waals surface area contributed by atoms with E-state index in [1.807, 2.05) is 53.4 Å². The van der Waals surface area contributed by atoms with Crippen molar-refractivity contribution in [2.75, 3.05) is 37.4 Å². The van der Waals surface area contributed by atoms with E-state index in [1.54, 1.807) is 0 Å². The van der Waals surface area contributed by atoms with Gasteiger partial charge in [-0.2, -0.15) is 9.61 Å². The lowest BCUT2D eigenvalue weighted by Gasteiger charge is -2.23. The van der Waals surface area contributed by atoms with Crippen LogP contribution in [0.2, 0.25) is 0 Å². The summed E-state index contributed by atoms with van der Waals surface area (Å²) in [4.78, 5) is 9.76. The van der Waals surface area contributed by atoms with Crippen LogP contribution in [0.5, 0.6) is 5.88 Å². The third-order valence-electron chi connectivity index (χ3n) is 6.86. The molecule has 4 aromatic rings. The molecule has 1 aliphatic heterocycles. The van der Waals surface area contributed by atoms with Gasteiger partial charge < -0.3 is 25.8 Å². The second kappa shape index (κ2) is 11.4. The number of hydrogen-bond acceptors (Lipinski definition) is 8. The Labute approximate surface area is 217 Å². The van der Waals surface area contributed by atoms with E-state index >= 15 is 0 Å². The molecule has 198 valence electrons. The van der Waals surface area contributed by atoms with Crippen molar-refractivity contribution < 1.29 is 9.84 Å². The highest BCUT2D eigenvalue weighted by Gasteiger charge is 2.28. The van der Waals surface area contributed by atoms with E-state index in [-0.39, 0.29) is 6.10 Å². The van der Waals surface area contributed by atoms with Gasteiger partial charge in [-0.1, -0.05) is 6.07 Å². The van der Waals surface area contributed by atoms with Crippen molar-refractivity contribution in [3.05, 3.63) is 47.9 Å². The molecule has 2 aliphatic rings. The topological polar surface area (TPSA) is 113 Å². The summed E-state index contributed by atoms with van der Waals surface area (Å²) in [6, 6.07) is 8.02. The Morgan fingerprint density at radius 3 is 2.68 bits per heavy atom. The number of nitrogens with one attached hydrogen (secondary N) is 3. The first-order chi connectivity index (χ1) is 18.1. The first kappa shape index (κ1) is 25.3. The highest BCUT2D eigenvalue weighted by atomic mass is 16.5. The molecule has 37 heavy (non-hydrogen) atoms. The van der Waals surface area contributed by atoms with Gasteiger partial charge in [0.15, 0.2) is 11.5 Å². The van der Waals surface area contributed by atoms with Crippen LogP contribution in [0.1, 0.15) is 56.7 Å². The molecule has 1 saturated heterocycles. The van der Waals surface area contributed by atoms with Crippen LogP contribution < -0.4 is 20.7 Å². The first-order valence-electron chi connectivity index (χ1n) is 13.3. The maximum atomic E-state index is 7.00. The number of aliphatic hydroxyl groups excluding tert-OH is 1. The highest BCUT2D eigenvalue weighted by molar-refractivity contribution is 5.61. The molecule has 6 rings (SSSR count). The molecule has 1 saturated carbocycles. The van der Waals surface area contributed by atoms with Crippen molar-refractivity contribution in [2.45, 2.75) is 58.1 Å². The number of aromatic nitrogens is 5. The number of anilines is 2. The van der Waals surface area contributed by atoms with Crippen LogP contribution in [0.15, 0.2) is 36.7 Å². The Bertz CT molecular complexity index is 1320. The first-order valence-corrected chi connectivity index (χ1v) is 13.3. The molecular weight excluding hydrogens is 468 g/mol. The number of ether oxygens (including phenoxy) is 1. The molecule has 0 aromatic carbocycles. The van der Waals surface area contributed by atoms with E-state index in [9.17, 15) is 0 Å². The molecule has 0 amide bonds. The quantitative estimate of drug-likeness (QED) is 0.272. The van der Waals surface area contributed by atoms with E-state index in [4.69, 9.17) is 19.8 Å². The summed E-state index contributed by atoms with van der Waals surface area (Å²) in [5.74, 6) is 3.89. The van der Waals surface area contributed by atoms with Gasteiger partial charge in [0.25, 0.3) is 0 Å². The zero-order valence-corrected chi connectivity index (χ0v) is 21.9. The van der Waals surface area contributed by atoms with Gasteiger partial charge in [-0.15, -0.1) is 0 Å². The minimum Gasteiger partial charge on any atom is -0.476 e. The fraction of sp³-hybridized carbons (Fsp3) is 0.519. The number of nitrogens with zero attached hydrogens (tertiary/aromatic N) is 5. The summed E-state index contributed by atoms with van der Waals surface area (Å²) in [5.41, 5.74) is 4.02. The lowest BCUT2D eigenvalue weighted by atomic mass is 9.98.